The molecule has 27 heteroatoms. The predicted octanol–water partition coefficient (Wildman–Crippen LogP) is 6.60. The van der Waals surface area contributed by atoms with Crippen molar-refractivity contribution in [2.75, 3.05) is 24.6 Å². The zero-order valence-corrected chi connectivity index (χ0v) is 58.5. The number of nitrogens with one attached hydrogen (secondary N) is 3. The molecule has 0 spiro atoms. The number of carbonyl (C=O) groups excluding carboxylic acids is 9. The minimum absolute atomic E-state index is 0.0170. The van der Waals surface area contributed by atoms with Gasteiger partial charge in [-0.3, -0.25) is 38.4 Å². The fraction of sp³-hybridized carbons (Fsp3) is 0.429. The first-order valence-electron chi connectivity index (χ1n) is 34.7. The zero-order valence-electron chi connectivity index (χ0n) is 58.5. The Labute approximate surface area is 599 Å². The SMILES string of the molecule is CC(=O)O[C@@H]1C2=C(C)[C@@H](OC(=O)[C@H](OC(=O)CCC(=O)NCC(=O)NCCC(=O)N3Cc4ccccc4-c4nnn(CCCCCC(=O)O)c4-c4ccccc43)C(NC(=O)c3ccccc3)c3ccccc3)C[C@@](O)([C@@H](OC(=O)c3ccccc3)[C@@H]3[C@]4(OC(C)=O)CO[C@@H]4C[C@H](O)[C@@]3(C)C1O)C2(C)C. The number of carbonyl (C=O) groups is 10. The van der Waals surface area contributed by atoms with Crippen LogP contribution in [0.4, 0.5) is 5.69 Å². The Hall–Kier alpha value is -10.5. The van der Waals surface area contributed by atoms with Gasteiger partial charge in [0.25, 0.3) is 5.91 Å². The Morgan fingerprint density at radius 1 is 0.712 bits per heavy atom. The van der Waals surface area contributed by atoms with E-state index in [0.29, 0.717) is 48.4 Å². The number of ether oxygens (including phenoxy) is 6. The molecule has 548 valence electrons. The summed E-state index contributed by atoms with van der Waals surface area (Å²) in [4.78, 5) is 140. The Bertz CT molecular complexity index is 4280. The van der Waals surface area contributed by atoms with Crippen molar-refractivity contribution in [2.45, 2.75) is 172 Å². The number of aliphatic hydroxyl groups is 3. The van der Waals surface area contributed by atoms with Crippen LogP contribution in [0.3, 0.4) is 0 Å². The number of nitrogens with zero attached hydrogens (tertiary/aromatic N) is 4. The van der Waals surface area contributed by atoms with Crippen LogP contribution in [-0.2, 0) is 79.9 Å². The second kappa shape index (κ2) is 31.2. The summed E-state index contributed by atoms with van der Waals surface area (Å²) in [5.41, 5.74) is -3.48. The molecule has 2 bridgehead atoms. The number of anilines is 1. The second-order valence-electron chi connectivity index (χ2n) is 27.8. The van der Waals surface area contributed by atoms with Gasteiger partial charge in [-0.25, -0.2) is 14.3 Å². The molecule has 3 fully saturated rings. The molecule has 7 N–H and O–H groups in total. The van der Waals surface area contributed by atoms with Crippen molar-refractivity contribution in [3.63, 3.8) is 0 Å². The van der Waals surface area contributed by atoms with Crippen LogP contribution in [0.1, 0.15) is 137 Å². The Kier molecular flexibility index (Phi) is 22.4. The summed E-state index contributed by atoms with van der Waals surface area (Å²) in [5.74, 6) is -10.2. The lowest BCUT2D eigenvalue weighted by molar-refractivity contribution is -0.365. The van der Waals surface area contributed by atoms with Crippen LogP contribution in [0.2, 0.25) is 0 Å². The van der Waals surface area contributed by atoms with E-state index < -0.39 is 156 Å². The van der Waals surface area contributed by atoms with Gasteiger partial charge in [0.2, 0.25) is 23.8 Å². The highest BCUT2D eigenvalue weighted by Gasteiger charge is 2.78. The van der Waals surface area contributed by atoms with Gasteiger partial charge in [-0.1, -0.05) is 142 Å². The van der Waals surface area contributed by atoms with Crippen molar-refractivity contribution in [3.05, 3.63) is 173 Å². The number of para-hydroxylation sites is 1. The van der Waals surface area contributed by atoms with Crippen molar-refractivity contribution in [1.29, 1.82) is 0 Å². The summed E-state index contributed by atoms with van der Waals surface area (Å²) in [6, 6.07) is 36.9. The molecule has 1 saturated heterocycles. The van der Waals surface area contributed by atoms with Crippen LogP contribution in [0, 0.1) is 16.7 Å². The normalized spacial score (nSPS) is 24.6. The molecule has 5 aliphatic rings. The van der Waals surface area contributed by atoms with Gasteiger partial charge >= 0.3 is 35.8 Å². The highest BCUT2D eigenvalue weighted by molar-refractivity contribution is 6.01. The number of amides is 4. The Morgan fingerprint density at radius 2 is 1.37 bits per heavy atom. The number of carboxylic acid groups (broad SMARTS) is 1. The molecule has 2 unspecified atom stereocenters. The molecular weight excluding hydrogens is 1340 g/mol. The average molecular weight is 1430 g/mol. The summed E-state index contributed by atoms with van der Waals surface area (Å²) in [6.45, 7) is 7.82. The van der Waals surface area contributed by atoms with Crippen LogP contribution in [0.25, 0.3) is 22.5 Å². The molecule has 11 rings (SSSR count). The molecule has 5 aromatic carbocycles. The number of aliphatic carboxylic acids is 1. The van der Waals surface area contributed by atoms with E-state index in [-0.39, 0.29) is 72.7 Å². The molecule has 1 aromatic heterocycles. The van der Waals surface area contributed by atoms with E-state index >= 15 is 4.79 Å². The van der Waals surface area contributed by atoms with Gasteiger partial charge in [-0.05, 0) is 72.4 Å². The summed E-state index contributed by atoms with van der Waals surface area (Å²) in [6.07, 6.45) is -12.6. The number of rotatable bonds is 25. The molecule has 2 aliphatic heterocycles. The number of hydrogen-bond acceptors (Lipinski definition) is 21. The molecule has 0 radical (unpaired) electrons. The van der Waals surface area contributed by atoms with Crippen molar-refractivity contribution >= 4 is 65.1 Å². The van der Waals surface area contributed by atoms with Crippen LogP contribution in [0.5, 0.6) is 0 Å². The summed E-state index contributed by atoms with van der Waals surface area (Å²) in [7, 11) is 0. The second-order valence-corrected chi connectivity index (χ2v) is 27.8. The fourth-order valence-corrected chi connectivity index (χ4v) is 15.6. The average Bonchev–Trinajstić information content (AvgIpc) is 0.703. The van der Waals surface area contributed by atoms with Gasteiger partial charge in [0, 0.05) is 86.6 Å². The maximum Gasteiger partial charge on any atom is 0.350 e. The number of carboxylic acids is 1. The molecule has 2 saturated carbocycles. The smallest absolute Gasteiger partial charge is 0.350 e. The third-order valence-corrected chi connectivity index (χ3v) is 21.0. The highest BCUT2D eigenvalue weighted by atomic mass is 16.6. The maximum absolute atomic E-state index is 15.7. The number of aromatic nitrogens is 3. The fourth-order valence-electron chi connectivity index (χ4n) is 15.6. The van der Waals surface area contributed by atoms with E-state index in [1.165, 1.54) is 38.1 Å². The molecule has 6 aromatic rings. The molecule has 104 heavy (non-hydrogen) atoms. The van der Waals surface area contributed by atoms with E-state index in [9.17, 15) is 58.5 Å². The number of esters is 5. The van der Waals surface area contributed by atoms with Gasteiger partial charge < -0.3 is 69.7 Å². The van der Waals surface area contributed by atoms with Gasteiger partial charge in [0.05, 0.1) is 55.1 Å². The monoisotopic (exact) mass is 1430 g/mol. The molecular formula is C77H85N7O20. The predicted molar refractivity (Wildman–Crippen MR) is 371 cm³/mol. The lowest BCUT2D eigenvalue weighted by Crippen LogP contribution is -2.82. The molecule has 12 atom stereocenters. The summed E-state index contributed by atoms with van der Waals surface area (Å²) in [5, 5.41) is 66.0. The first-order chi connectivity index (χ1) is 49.7. The van der Waals surface area contributed by atoms with E-state index in [4.69, 9.17) is 33.5 Å². The van der Waals surface area contributed by atoms with Crippen LogP contribution >= 0.6 is 0 Å². The maximum atomic E-state index is 15.7. The quantitative estimate of drug-likeness (QED) is 0.0137. The molecule has 27 nitrogen and oxygen atoms in total. The van der Waals surface area contributed by atoms with Gasteiger partial charge in [0.15, 0.2) is 11.7 Å². The van der Waals surface area contributed by atoms with Gasteiger partial charge in [-0.15, -0.1) is 5.10 Å². The number of fused-ring (bicyclic) bond motifs is 10. The first-order valence-corrected chi connectivity index (χ1v) is 34.7. The minimum Gasteiger partial charge on any atom is -0.481 e. The van der Waals surface area contributed by atoms with E-state index in [1.807, 2.05) is 42.5 Å². The van der Waals surface area contributed by atoms with Crippen LogP contribution in [-0.4, -0.2) is 168 Å². The van der Waals surface area contributed by atoms with Crippen LogP contribution in [0.15, 0.2) is 151 Å². The molecule has 3 heterocycles. The molecule has 3 aliphatic carbocycles. The number of unbranched alkanes of at least 4 members (excludes halogenated alkanes) is 2. The third-order valence-electron chi connectivity index (χ3n) is 21.0. The number of benzene rings is 5. The zero-order chi connectivity index (χ0) is 74.4. The number of aryl methyl sites for hydroxylation is 1. The number of hydrogen-bond donors (Lipinski definition) is 7. The third kappa shape index (κ3) is 15.0. The summed E-state index contributed by atoms with van der Waals surface area (Å²) < 4.78 is 39.1. The van der Waals surface area contributed by atoms with Crippen molar-refractivity contribution in [1.82, 2.24) is 30.9 Å². The van der Waals surface area contributed by atoms with E-state index in [2.05, 4.69) is 26.3 Å². The van der Waals surface area contributed by atoms with Crippen molar-refractivity contribution < 1.29 is 96.8 Å². The number of aliphatic hydroxyl groups excluding tert-OH is 2. The van der Waals surface area contributed by atoms with Gasteiger partial charge in [-0.2, -0.15) is 0 Å². The largest absolute Gasteiger partial charge is 0.481 e. The first kappa shape index (κ1) is 74.7. The molecule has 4 amide bonds. The Morgan fingerprint density at radius 3 is 2.03 bits per heavy atom. The topological polar surface area (TPSA) is 377 Å². The Balaban J connectivity index is 0.832. The highest BCUT2D eigenvalue weighted by Crippen LogP contribution is 2.65. The lowest BCUT2D eigenvalue weighted by atomic mass is 9.44. The van der Waals surface area contributed by atoms with Crippen LogP contribution < -0.4 is 20.9 Å². The van der Waals surface area contributed by atoms with Crippen molar-refractivity contribution in [2.24, 2.45) is 16.7 Å². The van der Waals surface area contributed by atoms with E-state index in [1.54, 1.807) is 96.2 Å². The lowest BCUT2D eigenvalue weighted by Gasteiger charge is -2.69. The van der Waals surface area contributed by atoms with Crippen molar-refractivity contribution in [3.8, 4) is 22.5 Å². The summed E-state index contributed by atoms with van der Waals surface area (Å²) >= 11 is 0. The van der Waals surface area contributed by atoms with Gasteiger partial charge in [0.1, 0.15) is 41.8 Å². The van der Waals surface area contributed by atoms with E-state index in [0.717, 1.165) is 25.0 Å². The minimum atomic E-state index is -2.53. The standard InChI is InChI=1S/C77H85N7O20/c1-44-54(40-77(98)70(103-72(96)49-27-15-9-16-28-49)68-75(6,55(87)39-56-76(68,43-99-56)104-46(3)86)69(94)66(100-45(2)85)62(44)74(77,4)5)101-73(97)67(63(47-23-11-7-12-24-47)80-71(95)48-25-13-8-14-26-48)102-61(93)35-34-57(88)79-41-58(89)78-37-36-59(90)83-42-50-29-18-19-30-51(50)64-65(52-31-20-21-32-53(52)83)84(82-81-64)38-22-10-17-33-60(91)92/h7-9,11-16,18-21,23-32,54-56,63,66-70,87,94,98H,10,17,22,33-43H2,1-6H3,(H,78,89)(H,79,88)(H,80,95)(H,91,92)/t54-,55-,56+,63?,66+,67+,68-,69?,70-,75+,76-,77+/m0/s1.